The van der Waals surface area contributed by atoms with Crippen LogP contribution in [-0.2, 0) is 14.4 Å². The number of likely N-dealkylation sites (tertiary alicyclic amines) is 1. The van der Waals surface area contributed by atoms with Gasteiger partial charge in [0.2, 0.25) is 17.7 Å². The van der Waals surface area contributed by atoms with Gasteiger partial charge in [0, 0.05) is 12.5 Å². The van der Waals surface area contributed by atoms with Crippen molar-refractivity contribution in [1.29, 1.82) is 0 Å². The van der Waals surface area contributed by atoms with E-state index in [4.69, 9.17) is 5.73 Å². The molecule has 100 valence electrons. The van der Waals surface area contributed by atoms with Crippen LogP contribution in [0.4, 0.5) is 0 Å². The van der Waals surface area contributed by atoms with Crippen molar-refractivity contribution in [2.24, 2.45) is 11.1 Å². The number of nitrogens with one attached hydrogen (secondary N) is 1. The summed E-state index contributed by atoms with van der Waals surface area (Å²) in [7, 11) is 0. The van der Waals surface area contributed by atoms with Gasteiger partial charge in [-0.1, -0.05) is 13.8 Å². The smallest absolute Gasteiger partial charge is 0.236 e. The zero-order valence-corrected chi connectivity index (χ0v) is 10.7. The SMILES string of the molecule is CC1(C)CC(=O)N(CC(NC2CC2)C(N)=O)C1=O. The number of hydrogen-bond donors (Lipinski definition) is 2. The van der Waals surface area contributed by atoms with Crippen LogP contribution < -0.4 is 11.1 Å². The van der Waals surface area contributed by atoms with Gasteiger partial charge in [-0.05, 0) is 12.8 Å². The van der Waals surface area contributed by atoms with E-state index >= 15 is 0 Å². The topological polar surface area (TPSA) is 92.5 Å². The van der Waals surface area contributed by atoms with Crippen LogP contribution in [0.5, 0.6) is 0 Å². The van der Waals surface area contributed by atoms with E-state index in [2.05, 4.69) is 5.32 Å². The summed E-state index contributed by atoms with van der Waals surface area (Å²) in [6.07, 6.45) is 2.22. The molecule has 1 heterocycles. The van der Waals surface area contributed by atoms with Gasteiger partial charge in [-0.25, -0.2) is 0 Å². The van der Waals surface area contributed by atoms with Crippen LogP contribution in [0, 0.1) is 5.41 Å². The van der Waals surface area contributed by atoms with Crippen LogP contribution in [0.15, 0.2) is 0 Å². The highest BCUT2D eigenvalue weighted by Gasteiger charge is 2.46. The van der Waals surface area contributed by atoms with E-state index in [0.29, 0.717) is 6.04 Å². The van der Waals surface area contributed by atoms with Crippen LogP contribution in [0.2, 0.25) is 0 Å². The lowest BCUT2D eigenvalue weighted by atomic mass is 9.92. The first-order valence-corrected chi connectivity index (χ1v) is 6.21. The van der Waals surface area contributed by atoms with Crippen molar-refractivity contribution >= 4 is 17.7 Å². The predicted octanol–water partition coefficient (Wildman–Crippen LogP) is -0.623. The molecule has 6 nitrogen and oxygen atoms in total. The van der Waals surface area contributed by atoms with E-state index in [9.17, 15) is 14.4 Å². The lowest BCUT2D eigenvalue weighted by Crippen LogP contribution is -2.51. The second-order valence-electron chi connectivity index (χ2n) is 5.77. The minimum absolute atomic E-state index is 0.0485. The van der Waals surface area contributed by atoms with Gasteiger partial charge in [0.25, 0.3) is 0 Å². The van der Waals surface area contributed by atoms with Crippen molar-refractivity contribution < 1.29 is 14.4 Å². The van der Waals surface area contributed by atoms with Crippen molar-refractivity contribution in [3.8, 4) is 0 Å². The lowest BCUT2D eigenvalue weighted by molar-refractivity contribution is -0.141. The Kier molecular flexibility index (Phi) is 3.14. The van der Waals surface area contributed by atoms with Crippen LogP contribution in [0.25, 0.3) is 0 Å². The van der Waals surface area contributed by atoms with Crippen LogP contribution in [0.1, 0.15) is 33.1 Å². The maximum Gasteiger partial charge on any atom is 0.236 e. The molecule has 0 aromatic carbocycles. The third-order valence-electron chi connectivity index (χ3n) is 3.44. The summed E-state index contributed by atoms with van der Waals surface area (Å²) in [5, 5.41) is 3.07. The number of amides is 3. The summed E-state index contributed by atoms with van der Waals surface area (Å²) in [5.74, 6) is -0.975. The minimum Gasteiger partial charge on any atom is -0.368 e. The standard InChI is InChI=1S/C12H19N3O3/c1-12(2)5-9(16)15(11(12)18)6-8(10(13)17)14-7-3-4-7/h7-8,14H,3-6H2,1-2H3,(H2,13,17). The van der Waals surface area contributed by atoms with E-state index in [1.165, 1.54) is 0 Å². The number of rotatable bonds is 5. The molecular formula is C12H19N3O3. The van der Waals surface area contributed by atoms with Gasteiger partial charge in [0.15, 0.2) is 0 Å². The Morgan fingerprint density at radius 3 is 2.50 bits per heavy atom. The minimum atomic E-state index is -0.668. The molecule has 6 heteroatoms. The Bertz CT molecular complexity index is 401. The fourth-order valence-electron chi connectivity index (χ4n) is 2.15. The summed E-state index contributed by atoms with van der Waals surface area (Å²) in [5.41, 5.74) is 4.63. The second-order valence-corrected chi connectivity index (χ2v) is 5.77. The van der Waals surface area contributed by atoms with Crippen LogP contribution in [0.3, 0.4) is 0 Å². The van der Waals surface area contributed by atoms with E-state index in [0.717, 1.165) is 17.7 Å². The zero-order chi connectivity index (χ0) is 13.5. The lowest BCUT2D eigenvalue weighted by Gasteiger charge is -2.22. The molecule has 1 atom stereocenters. The van der Waals surface area contributed by atoms with Gasteiger partial charge < -0.3 is 11.1 Å². The number of carbonyl (C=O) groups is 3. The normalized spacial score (nSPS) is 24.4. The van der Waals surface area contributed by atoms with Gasteiger partial charge in [-0.15, -0.1) is 0 Å². The summed E-state index contributed by atoms with van der Waals surface area (Å²) in [6, 6.07) is -0.345. The number of carbonyl (C=O) groups excluding carboxylic acids is 3. The van der Waals surface area contributed by atoms with E-state index in [-0.39, 0.29) is 24.8 Å². The molecule has 0 aromatic heterocycles. The predicted molar refractivity (Wildman–Crippen MR) is 64.3 cm³/mol. The van der Waals surface area contributed by atoms with Crippen LogP contribution in [-0.4, -0.2) is 41.2 Å². The highest BCUT2D eigenvalue weighted by atomic mass is 16.2. The third kappa shape index (κ3) is 2.53. The molecule has 0 radical (unpaired) electrons. The fourth-order valence-corrected chi connectivity index (χ4v) is 2.15. The Hall–Kier alpha value is -1.43. The van der Waals surface area contributed by atoms with Crippen molar-refractivity contribution in [3.63, 3.8) is 0 Å². The average Bonchev–Trinajstić information content (AvgIpc) is 3.02. The summed E-state index contributed by atoms with van der Waals surface area (Å²) >= 11 is 0. The Balaban J connectivity index is 2.04. The van der Waals surface area contributed by atoms with Crippen molar-refractivity contribution in [2.75, 3.05) is 6.54 Å². The largest absolute Gasteiger partial charge is 0.368 e. The van der Waals surface area contributed by atoms with Crippen molar-refractivity contribution in [1.82, 2.24) is 10.2 Å². The van der Waals surface area contributed by atoms with E-state index in [1.54, 1.807) is 13.8 Å². The molecule has 0 bridgehead atoms. The number of hydrogen-bond acceptors (Lipinski definition) is 4. The monoisotopic (exact) mass is 253 g/mol. The molecule has 2 rings (SSSR count). The molecule has 1 saturated carbocycles. The molecule has 18 heavy (non-hydrogen) atoms. The molecule has 1 aliphatic carbocycles. The number of primary amides is 1. The Morgan fingerprint density at radius 1 is 1.50 bits per heavy atom. The van der Waals surface area contributed by atoms with Crippen LogP contribution >= 0.6 is 0 Å². The highest BCUT2D eigenvalue weighted by Crippen LogP contribution is 2.31. The van der Waals surface area contributed by atoms with E-state index < -0.39 is 17.4 Å². The maximum absolute atomic E-state index is 12.0. The molecule has 1 unspecified atom stereocenters. The Labute approximate surface area is 106 Å². The van der Waals surface area contributed by atoms with Gasteiger partial charge in [-0.2, -0.15) is 0 Å². The number of nitrogens with two attached hydrogens (primary N) is 1. The second kappa shape index (κ2) is 4.35. The molecule has 3 N–H and O–H groups in total. The maximum atomic E-state index is 12.0. The molecule has 2 aliphatic rings. The first-order valence-electron chi connectivity index (χ1n) is 6.21. The van der Waals surface area contributed by atoms with Gasteiger partial charge in [0.1, 0.15) is 6.04 Å². The van der Waals surface area contributed by atoms with Gasteiger partial charge in [-0.3, -0.25) is 19.3 Å². The summed E-state index contributed by atoms with van der Waals surface area (Å²) in [6.45, 7) is 3.52. The first kappa shape index (κ1) is 13.0. The average molecular weight is 253 g/mol. The van der Waals surface area contributed by atoms with Gasteiger partial charge in [0.05, 0.1) is 12.0 Å². The molecule has 3 amide bonds. The van der Waals surface area contributed by atoms with E-state index in [1.807, 2.05) is 0 Å². The summed E-state index contributed by atoms with van der Waals surface area (Å²) in [4.78, 5) is 36.3. The zero-order valence-electron chi connectivity index (χ0n) is 10.7. The van der Waals surface area contributed by atoms with Crippen molar-refractivity contribution in [3.05, 3.63) is 0 Å². The molecule has 1 saturated heterocycles. The number of nitrogens with zero attached hydrogens (tertiary/aromatic N) is 1. The fraction of sp³-hybridized carbons (Fsp3) is 0.750. The molecular weight excluding hydrogens is 234 g/mol. The Morgan fingerprint density at radius 2 is 2.11 bits per heavy atom. The van der Waals surface area contributed by atoms with Crippen molar-refractivity contribution in [2.45, 2.75) is 45.2 Å². The number of imide groups is 1. The third-order valence-corrected chi connectivity index (χ3v) is 3.44. The summed E-state index contributed by atoms with van der Waals surface area (Å²) < 4.78 is 0. The molecule has 0 spiro atoms. The van der Waals surface area contributed by atoms with Gasteiger partial charge >= 0.3 is 0 Å². The molecule has 0 aromatic rings. The molecule has 2 fully saturated rings. The first-order chi connectivity index (χ1) is 8.31. The highest BCUT2D eigenvalue weighted by molar-refractivity contribution is 6.05. The molecule has 1 aliphatic heterocycles. The quantitative estimate of drug-likeness (QED) is 0.638.